The van der Waals surface area contributed by atoms with E-state index < -0.39 is 22.6 Å². The van der Waals surface area contributed by atoms with Gasteiger partial charge in [0.15, 0.2) is 5.78 Å². The molecule has 0 N–H and O–H groups in total. The highest BCUT2D eigenvalue weighted by molar-refractivity contribution is 6.14. The lowest BCUT2D eigenvalue weighted by Gasteiger charge is -2.29. The fourth-order valence-corrected chi connectivity index (χ4v) is 1.35. The van der Waals surface area contributed by atoms with Crippen LogP contribution in [0.25, 0.3) is 0 Å². The van der Waals surface area contributed by atoms with Crippen molar-refractivity contribution in [3.63, 3.8) is 0 Å². The summed E-state index contributed by atoms with van der Waals surface area (Å²) < 4.78 is 4.83. The first-order valence-corrected chi connectivity index (χ1v) is 5.31. The van der Waals surface area contributed by atoms with E-state index in [0.717, 1.165) is 0 Å². The standard InChI is InChI=1S/C12H20O4/c1-7-16-10(15)12(5,6)9(14)11(3,4)8(2)13/h7H2,1-6H3. The summed E-state index contributed by atoms with van der Waals surface area (Å²) in [4.78, 5) is 35.1. The fraction of sp³-hybridized carbons (Fsp3) is 0.750. The van der Waals surface area contributed by atoms with Crippen molar-refractivity contribution in [1.29, 1.82) is 0 Å². The SMILES string of the molecule is CCOC(=O)C(C)(C)C(=O)C(C)(C)C(C)=O. The molecule has 0 fully saturated rings. The van der Waals surface area contributed by atoms with Gasteiger partial charge in [-0.25, -0.2) is 0 Å². The Hall–Kier alpha value is -1.19. The lowest BCUT2D eigenvalue weighted by molar-refractivity contribution is -0.161. The van der Waals surface area contributed by atoms with E-state index in [1.807, 2.05) is 0 Å². The molecule has 0 aliphatic heterocycles. The Labute approximate surface area is 96.4 Å². The van der Waals surface area contributed by atoms with Gasteiger partial charge in [0.2, 0.25) is 0 Å². The normalized spacial score (nSPS) is 12.1. The molecule has 0 heterocycles. The predicted octanol–water partition coefficient (Wildman–Crippen LogP) is 1.76. The minimum atomic E-state index is -1.29. The van der Waals surface area contributed by atoms with Crippen LogP contribution in [-0.2, 0) is 19.1 Å². The van der Waals surface area contributed by atoms with Crippen molar-refractivity contribution < 1.29 is 19.1 Å². The number of Topliss-reactive ketones (excluding diaryl/α,β-unsaturated/α-hetero) is 2. The molecule has 0 amide bonds. The minimum Gasteiger partial charge on any atom is -0.465 e. The van der Waals surface area contributed by atoms with Crippen LogP contribution in [0.4, 0.5) is 0 Å². The summed E-state index contributed by atoms with van der Waals surface area (Å²) in [6.07, 6.45) is 0. The molecule has 0 aromatic rings. The van der Waals surface area contributed by atoms with Crippen molar-refractivity contribution in [2.45, 2.75) is 41.5 Å². The number of hydrogen-bond acceptors (Lipinski definition) is 4. The van der Waals surface area contributed by atoms with Crippen molar-refractivity contribution in [2.24, 2.45) is 10.8 Å². The molecule has 0 saturated carbocycles. The third kappa shape index (κ3) is 2.68. The van der Waals surface area contributed by atoms with Gasteiger partial charge >= 0.3 is 5.97 Å². The van der Waals surface area contributed by atoms with E-state index in [1.165, 1.54) is 34.6 Å². The van der Waals surface area contributed by atoms with E-state index in [2.05, 4.69) is 0 Å². The van der Waals surface area contributed by atoms with Gasteiger partial charge in [-0.15, -0.1) is 0 Å². The average molecular weight is 228 g/mol. The molecule has 0 aromatic heterocycles. The molecule has 0 unspecified atom stereocenters. The molecule has 4 heteroatoms. The molecule has 0 radical (unpaired) electrons. The van der Waals surface area contributed by atoms with Crippen molar-refractivity contribution >= 4 is 17.5 Å². The molecule has 92 valence electrons. The van der Waals surface area contributed by atoms with Gasteiger partial charge in [0.05, 0.1) is 12.0 Å². The van der Waals surface area contributed by atoms with Crippen molar-refractivity contribution in [1.82, 2.24) is 0 Å². The highest BCUT2D eigenvalue weighted by atomic mass is 16.5. The smallest absolute Gasteiger partial charge is 0.319 e. The van der Waals surface area contributed by atoms with Crippen molar-refractivity contribution in [2.75, 3.05) is 6.61 Å². The van der Waals surface area contributed by atoms with Crippen LogP contribution in [0.1, 0.15) is 41.5 Å². The predicted molar refractivity (Wildman–Crippen MR) is 59.9 cm³/mol. The Morgan fingerprint density at radius 3 is 1.75 bits per heavy atom. The maximum Gasteiger partial charge on any atom is 0.319 e. The van der Waals surface area contributed by atoms with E-state index in [1.54, 1.807) is 6.92 Å². The molecule has 0 saturated heterocycles. The van der Waals surface area contributed by atoms with Crippen molar-refractivity contribution in [3.05, 3.63) is 0 Å². The lowest BCUT2D eigenvalue weighted by Crippen LogP contribution is -2.46. The Bertz CT molecular complexity index is 313. The largest absolute Gasteiger partial charge is 0.465 e. The van der Waals surface area contributed by atoms with Crippen LogP contribution in [0.2, 0.25) is 0 Å². The van der Waals surface area contributed by atoms with Gasteiger partial charge in [0.1, 0.15) is 11.2 Å². The zero-order chi connectivity index (χ0) is 13.1. The Morgan fingerprint density at radius 2 is 1.44 bits per heavy atom. The van der Waals surface area contributed by atoms with E-state index in [0.29, 0.717) is 0 Å². The monoisotopic (exact) mass is 228 g/mol. The number of hydrogen-bond donors (Lipinski definition) is 0. The van der Waals surface area contributed by atoms with Crippen LogP contribution in [0.15, 0.2) is 0 Å². The van der Waals surface area contributed by atoms with Gasteiger partial charge in [-0.05, 0) is 41.5 Å². The lowest BCUT2D eigenvalue weighted by atomic mass is 9.71. The zero-order valence-corrected chi connectivity index (χ0v) is 10.8. The number of rotatable bonds is 5. The fourth-order valence-electron chi connectivity index (χ4n) is 1.35. The number of carbonyl (C=O) groups is 3. The summed E-state index contributed by atoms with van der Waals surface area (Å²) in [7, 11) is 0. The molecule has 0 atom stereocenters. The Kier molecular flexibility index (Phi) is 4.41. The summed E-state index contributed by atoms with van der Waals surface area (Å²) in [6, 6.07) is 0. The number of ether oxygens (including phenoxy) is 1. The van der Waals surface area contributed by atoms with Gasteiger partial charge in [0, 0.05) is 0 Å². The first-order valence-electron chi connectivity index (χ1n) is 5.31. The van der Waals surface area contributed by atoms with Gasteiger partial charge in [0.25, 0.3) is 0 Å². The highest BCUT2D eigenvalue weighted by Gasteiger charge is 2.47. The molecular formula is C12H20O4. The number of carbonyl (C=O) groups excluding carboxylic acids is 3. The topological polar surface area (TPSA) is 60.4 Å². The van der Waals surface area contributed by atoms with E-state index in [4.69, 9.17) is 4.74 Å². The molecule has 0 spiro atoms. The molecule has 4 nitrogen and oxygen atoms in total. The zero-order valence-electron chi connectivity index (χ0n) is 10.8. The maximum absolute atomic E-state index is 12.1. The first kappa shape index (κ1) is 14.8. The van der Waals surface area contributed by atoms with Gasteiger partial charge < -0.3 is 4.74 Å². The number of esters is 1. The van der Waals surface area contributed by atoms with Crippen LogP contribution in [-0.4, -0.2) is 24.1 Å². The molecule has 0 bridgehead atoms. The second kappa shape index (κ2) is 4.76. The molecule has 0 aliphatic carbocycles. The summed E-state index contributed by atoms with van der Waals surface area (Å²) in [5, 5.41) is 0. The first-order chi connectivity index (χ1) is 7.08. The van der Waals surface area contributed by atoms with E-state index in [9.17, 15) is 14.4 Å². The third-order valence-electron chi connectivity index (χ3n) is 2.80. The second-order valence-corrected chi connectivity index (χ2v) is 4.86. The Balaban J connectivity index is 5.11. The van der Waals surface area contributed by atoms with Gasteiger partial charge in [-0.3, -0.25) is 14.4 Å². The molecule has 0 rings (SSSR count). The summed E-state index contributed by atoms with van der Waals surface area (Å²) >= 11 is 0. The van der Waals surface area contributed by atoms with Crippen LogP contribution < -0.4 is 0 Å². The van der Waals surface area contributed by atoms with Gasteiger partial charge in [-0.2, -0.15) is 0 Å². The Morgan fingerprint density at radius 1 is 1.00 bits per heavy atom. The van der Waals surface area contributed by atoms with Crippen molar-refractivity contribution in [3.8, 4) is 0 Å². The maximum atomic E-state index is 12.1. The third-order valence-corrected chi connectivity index (χ3v) is 2.80. The van der Waals surface area contributed by atoms with Crippen LogP contribution in [0.3, 0.4) is 0 Å². The average Bonchev–Trinajstić information content (AvgIpc) is 2.16. The van der Waals surface area contributed by atoms with Crippen LogP contribution >= 0.6 is 0 Å². The molecular weight excluding hydrogens is 208 g/mol. The van der Waals surface area contributed by atoms with Crippen LogP contribution in [0.5, 0.6) is 0 Å². The second-order valence-electron chi connectivity index (χ2n) is 4.86. The molecule has 0 aliphatic rings. The van der Waals surface area contributed by atoms with E-state index in [-0.39, 0.29) is 12.4 Å². The number of ketones is 2. The van der Waals surface area contributed by atoms with E-state index >= 15 is 0 Å². The summed E-state index contributed by atoms with van der Waals surface area (Å²) in [5.41, 5.74) is -2.44. The summed E-state index contributed by atoms with van der Waals surface area (Å²) in [6.45, 7) is 9.26. The summed E-state index contributed by atoms with van der Waals surface area (Å²) in [5.74, 6) is -1.25. The molecule has 16 heavy (non-hydrogen) atoms. The van der Waals surface area contributed by atoms with Crippen LogP contribution in [0, 0.1) is 10.8 Å². The minimum absolute atomic E-state index is 0.218. The highest BCUT2D eigenvalue weighted by Crippen LogP contribution is 2.31. The molecule has 0 aromatic carbocycles. The van der Waals surface area contributed by atoms with Gasteiger partial charge in [-0.1, -0.05) is 0 Å². The quantitative estimate of drug-likeness (QED) is 0.531.